The number of hydrogen-bond acceptors (Lipinski definition) is 8. The highest BCUT2D eigenvalue weighted by atomic mass is 19.1. The molecule has 6 heterocycles. The van der Waals surface area contributed by atoms with Crippen LogP contribution < -0.4 is 9.64 Å². The molecule has 1 saturated heterocycles. The number of aromatic amines is 1. The minimum absolute atomic E-state index is 0.0384. The Morgan fingerprint density at radius 2 is 1.80 bits per heavy atom. The molecule has 254 valence electrons. The first-order chi connectivity index (χ1) is 24.5. The summed E-state index contributed by atoms with van der Waals surface area (Å²) in [6.07, 6.45) is 11.6. The molecule has 4 aromatic heterocycles. The van der Waals surface area contributed by atoms with Crippen LogP contribution in [-0.4, -0.2) is 102 Å². The van der Waals surface area contributed by atoms with E-state index in [9.17, 15) is 9.59 Å². The van der Waals surface area contributed by atoms with Crippen molar-refractivity contribution in [2.75, 3.05) is 51.3 Å². The fourth-order valence-corrected chi connectivity index (χ4v) is 6.93. The normalized spacial score (nSPS) is 15.2. The summed E-state index contributed by atoms with van der Waals surface area (Å²) in [6.45, 7) is 3.43. The number of ether oxygens (including phenoxy) is 1. The van der Waals surface area contributed by atoms with Crippen molar-refractivity contribution in [2.24, 2.45) is 0 Å². The first-order valence-corrected chi connectivity index (χ1v) is 16.6. The van der Waals surface area contributed by atoms with Crippen molar-refractivity contribution in [3.05, 3.63) is 96.6 Å². The molecule has 0 unspecified atom stereocenters. The van der Waals surface area contributed by atoms with Crippen molar-refractivity contribution in [2.45, 2.75) is 19.4 Å². The predicted octanol–water partition coefficient (Wildman–Crippen LogP) is 4.29. The first kappa shape index (κ1) is 31.2. The Bertz CT molecular complexity index is 2230. The van der Waals surface area contributed by atoms with E-state index in [1.54, 1.807) is 52.4 Å². The summed E-state index contributed by atoms with van der Waals surface area (Å²) in [7, 11) is 1.60. The summed E-state index contributed by atoms with van der Waals surface area (Å²) in [5.74, 6) is 1.47. The molecule has 6 aromatic rings. The van der Waals surface area contributed by atoms with Gasteiger partial charge in [-0.15, -0.1) is 5.10 Å². The van der Waals surface area contributed by atoms with Gasteiger partial charge in [0.1, 0.15) is 17.3 Å². The van der Waals surface area contributed by atoms with Crippen LogP contribution in [0.1, 0.15) is 28.9 Å². The largest absolute Gasteiger partial charge is 0.496 e. The van der Waals surface area contributed by atoms with E-state index in [-0.39, 0.29) is 30.3 Å². The molecule has 1 N–H and O–H groups in total. The van der Waals surface area contributed by atoms with Gasteiger partial charge in [0.25, 0.3) is 5.91 Å². The number of aromatic nitrogens is 7. The van der Waals surface area contributed by atoms with Gasteiger partial charge in [-0.2, -0.15) is 0 Å². The Hall–Kier alpha value is -6.05. The number of anilines is 1. The standard InChI is InChI=1S/C36H35FN10O3/c1-50-30-8-3-2-7-25(30)27-20-26(24-6-4-12-45(23-24)32(48)9-14-46-15-11-40-42-46)33(37)34-28(27)21-29(41-34)35(49)44-18-16-43(17-19-44)31-22-39-36-38-10-5-13-47(31)36/h2-3,5-8,10-11,13,15,20-22,41H,4,9,12,14,16-19,23H2,1H3. The minimum Gasteiger partial charge on any atom is -0.496 e. The average Bonchev–Trinajstić information content (AvgIpc) is 3.95. The van der Waals surface area contributed by atoms with Crippen LogP contribution in [0.3, 0.4) is 0 Å². The van der Waals surface area contributed by atoms with E-state index < -0.39 is 5.82 Å². The number of methoxy groups -OCH3 is 1. The Labute approximate surface area is 286 Å². The Kier molecular flexibility index (Phi) is 8.18. The molecule has 13 nitrogen and oxygen atoms in total. The minimum atomic E-state index is -0.466. The van der Waals surface area contributed by atoms with Crippen LogP contribution >= 0.6 is 0 Å². The molecular weight excluding hydrogens is 639 g/mol. The highest BCUT2D eigenvalue weighted by molar-refractivity contribution is 6.05. The lowest BCUT2D eigenvalue weighted by Gasteiger charge is -2.35. The number of para-hydroxylation sites is 1. The Morgan fingerprint density at radius 1 is 0.940 bits per heavy atom. The monoisotopic (exact) mass is 674 g/mol. The summed E-state index contributed by atoms with van der Waals surface area (Å²) < 4.78 is 25.9. The highest BCUT2D eigenvalue weighted by Gasteiger charge is 2.28. The Balaban J connectivity index is 1.09. The molecule has 8 rings (SSSR count). The molecule has 0 atom stereocenters. The van der Waals surface area contributed by atoms with Gasteiger partial charge in [0.05, 0.1) is 31.6 Å². The highest BCUT2D eigenvalue weighted by Crippen LogP contribution is 2.40. The van der Waals surface area contributed by atoms with Crippen molar-refractivity contribution in [1.82, 2.24) is 44.1 Å². The van der Waals surface area contributed by atoms with Crippen LogP contribution in [0.5, 0.6) is 5.75 Å². The van der Waals surface area contributed by atoms with Gasteiger partial charge in [-0.1, -0.05) is 29.5 Å². The van der Waals surface area contributed by atoms with Crippen LogP contribution in [0.4, 0.5) is 10.2 Å². The molecule has 0 saturated carbocycles. The maximum atomic E-state index is 16.7. The number of hydrogen-bond donors (Lipinski definition) is 1. The lowest BCUT2D eigenvalue weighted by atomic mass is 9.93. The molecule has 2 aliphatic heterocycles. The van der Waals surface area contributed by atoms with Gasteiger partial charge in [0, 0.05) is 80.8 Å². The van der Waals surface area contributed by atoms with Crippen LogP contribution in [0, 0.1) is 5.82 Å². The smallest absolute Gasteiger partial charge is 0.270 e. The van der Waals surface area contributed by atoms with Gasteiger partial charge >= 0.3 is 0 Å². The van der Waals surface area contributed by atoms with E-state index in [4.69, 9.17) is 4.74 Å². The van der Waals surface area contributed by atoms with E-state index in [0.717, 1.165) is 16.9 Å². The number of H-pyrrole nitrogens is 1. The average molecular weight is 675 g/mol. The summed E-state index contributed by atoms with van der Waals surface area (Å²) in [5, 5.41) is 8.32. The second kappa shape index (κ2) is 13.1. The van der Waals surface area contributed by atoms with Crippen molar-refractivity contribution < 1.29 is 18.7 Å². The maximum absolute atomic E-state index is 16.7. The second-order valence-electron chi connectivity index (χ2n) is 12.4. The third kappa shape index (κ3) is 5.71. The number of aryl methyl sites for hydroxylation is 1. The van der Waals surface area contributed by atoms with Gasteiger partial charge in [-0.05, 0) is 41.8 Å². The number of carbonyl (C=O) groups is 2. The van der Waals surface area contributed by atoms with E-state index in [0.29, 0.717) is 79.4 Å². The molecule has 1 fully saturated rings. The van der Waals surface area contributed by atoms with Crippen molar-refractivity contribution in [3.63, 3.8) is 0 Å². The van der Waals surface area contributed by atoms with E-state index >= 15 is 4.39 Å². The third-order valence-electron chi connectivity index (χ3n) is 9.52. The molecule has 2 aliphatic rings. The molecule has 2 aromatic carbocycles. The lowest BCUT2D eigenvalue weighted by Crippen LogP contribution is -2.49. The number of nitrogens with one attached hydrogen (secondary N) is 1. The van der Waals surface area contributed by atoms with Crippen molar-refractivity contribution in [3.8, 4) is 16.9 Å². The Morgan fingerprint density at radius 3 is 2.62 bits per heavy atom. The van der Waals surface area contributed by atoms with Crippen molar-refractivity contribution >= 4 is 39.9 Å². The lowest BCUT2D eigenvalue weighted by molar-refractivity contribution is -0.131. The summed E-state index contributed by atoms with van der Waals surface area (Å²) >= 11 is 0. The summed E-state index contributed by atoms with van der Waals surface area (Å²) in [6, 6.07) is 13.0. The maximum Gasteiger partial charge on any atom is 0.270 e. The quantitative estimate of drug-likeness (QED) is 0.253. The van der Waals surface area contributed by atoms with Crippen LogP contribution in [0.15, 0.2) is 79.5 Å². The van der Waals surface area contributed by atoms with Gasteiger partial charge in [-0.25, -0.2) is 14.4 Å². The zero-order valence-corrected chi connectivity index (χ0v) is 27.5. The van der Waals surface area contributed by atoms with E-state index in [2.05, 4.69) is 30.2 Å². The number of halogens is 1. The van der Waals surface area contributed by atoms with E-state index in [1.807, 2.05) is 53.1 Å². The molecule has 2 amide bonds. The van der Waals surface area contributed by atoms with Gasteiger partial charge in [0.15, 0.2) is 5.82 Å². The first-order valence-electron chi connectivity index (χ1n) is 16.6. The van der Waals surface area contributed by atoms with Gasteiger partial charge < -0.3 is 24.4 Å². The van der Waals surface area contributed by atoms with E-state index in [1.165, 1.54) is 0 Å². The molecule has 14 heteroatoms. The fraction of sp³-hybridized carbons (Fsp3) is 0.278. The SMILES string of the molecule is COc1ccccc1-c1cc(C2=CCCN(C(=O)CCn3ccnn3)C2)c(F)c2[nH]c(C(=O)N3CCN(c4cnc5ncccn45)CC3)cc12. The van der Waals surface area contributed by atoms with Gasteiger partial charge in [0.2, 0.25) is 11.7 Å². The molecule has 50 heavy (non-hydrogen) atoms. The third-order valence-corrected chi connectivity index (χ3v) is 9.52. The summed E-state index contributed by atoms with van der Waals surface area (Å²) in [4.78, 5) is 44.7. The predicted molar refractivity (Wildman–Crippen MR) is 185 cm³/mol. The van der Waals surface area contributed by atoms with Crippen LogP contribution in [-0.2, 0) is 11.3 Å². The van der Waals surface area contributed by atoms with Crippen LogP contribution in [0.25, 0.3) is 33.4 Å². The molecule has 0 bridgehead atoms. The number of nitrogens with zero attached hydrogens (tertiary/aromatic N) is 9. The van der Waals surface area contributed by atoms with Crippen LogP contribution in [0.2, 0.25) is 0 Å². The number of imidazole rings is 1. The number of carbonyl (C=O) groups excluding carboxylic acids is 2. The molecule has 0 radical (unpaired) electrons. The topological polar surface area (TPSA) is 130 Å². The zero-order chi connectivity index (χ0) is 34.2. The number of benzene rings is 2. The van der Waals surface area contributed by atoms with Gasteiger partial charge in [-0.3, -0.25) is 18.7 Å². The van der Waals surface area contributed by atoms with Crippen molar-refractivity contribution in [1.29, 1.82) is 0 Å². The number of fused-ring (bicyclic) bond motifs is 2. The fourth-order valence-electron chi connectivity index (χ4n) is 6.93. The number of amides is 2. The number of piperazine rings is 1. The number of rotatable bonds is 8. The summed E-state index contributed by atoms with van der Waals surface area (Å²) in [5.41, 5.74) is 3.13. The second-order valence-corrected chi connectivity index (χ2v) is 12.4. The molecular formula is C36H35FN10O3. The molecule has 0 aliphatic carbocycles. The zero-order valence-electron chi connectivity index (χ0n) is 27.5. The molecule has 0 spiro atoms.